The van der Waals surface area contributed by atoms with E-state index in [4.69, 9.17) is 14.2 Å². The number of amides is 1. The van der Waals surface area contributed by atoms with E-state index >= 15 is 0 Å². The van der Waals surface area contributed by atoms with Gasteiger partial charge in [-0.1, -0.05) is 23.8 Å². The standard InChI is InChI=1S/C24H33N3O4/c1-6-29-20-11-9-18(13-21(20)30-7-2)23-17(5)26-27-24(23)25-22(28)14-31-19-10-8-15(3)12-16(19)4/h8-13,17,23-24,26-27H,6-7,14H2,1-5H3,(H,25,28). The molecule has 3 N–H and O–H groups in total. The Kier molecular flexibility index (Phi) is 7.76. The molecule has 1 amide bonds. The molecule has 1 aliphatic rings. The van der Waals surface area contributed by atoms with Crippen LogP contribution in [0.25, 0.3) is 0 Å². The molecule has 1 saturated heterocycles. The highest BCUT2D eigenvalue weighted by Crippen LogP contribution is 2.34. The number of carbonyl (C=O) groups is 1. The van der Waals surface area contributed by atoms with Crippen LogP contribution in [0.15, 0.2) is 36.4 Å². The molecule has 2 aromatic rings. The molecule has 0 saturated carbocycles. The number of nitrogens with one attached hydrogen (secondary N) is 3. The van der Waals surface area contributed by atoms with Gasteiger partial charge in [-0.25, -0.2) is 5.43 Å². The van der Waals surface area contributed by atoms with Gasteiger partial charge in [0.2, 0.25) is 0 Å². The van der Waals surface area contributed by atoms with Crippen molar-refractivity contribution in [3.05, 3.63) is 53.1 Å². The Hall–Kier alpha value is -2.77. The van der Waals surface area contributed by atoms with Gasteiger partial charge in [0.1, 0.15) is 11.9 Å². The largest absolute Gasteiger partial charge is 0.490 e. The van der Waals surface area contributed by atoms with Gasteiger partial charge in [-0.05, 0) is 63.9 Å². The van der Waals surface area contributed by atoms with Gasteiger partial charge in [-0.15, -0.1) is 0 Å². The van der Waals surface area contributed by atoms with Gasteiger partial charge in [0.25, 0.3) is 5.91 Å². The van der Waals surface area contributed by atoms with Crippen LogP contribution < -0.4 is 30.4 Å². The Morgan fingerprint density at radius 1 is 0.935 bits per heavy atom. The lowest BCUT2D eigenvalue weighted by atomic mass is 9.91. The maximum Gasteiger partial charge on any atom is 0.259 e. The van der Waals surface area contributed by atoms with Crippen molar-refractivity contribution in [2.45, 2.75) is 52.7 Å². The number of hydrazine groups is 1. The number of ether oxygens (including phenoxy) is 3. The maximum atomic E-state index is 12.6. The summed E-state index contributed by atoms with van der Waals surface area (Å²) in [6.45, 7) is 11.1. The van der Waals surface area contributed by atoms with Crippen LogP contribution >= 0.6 is 0 Å². The fraction of sp³-hybridized carbons (Fsp3) is 0.458. The lowest BCUT2D eigenvalue weighted by Crippen LogP contribution is -2.47. The molecule has 1 aliphatic heterocycles. The molecule has 7 heteroatoms. The van der Waals surface area contributed by atoms with Crippen LogP contribution in [0.4, 0.5) is 0 Å². The quantitative estimate of drug-likeness (QED) is 0.570. The number of rotatable bonds is 9. The predicted molar refractivity (Wildman–Crippen MR) is 121 cm³/mol. The van der Waals surface area contributed by atoms with Crippen molar-refractivity contribution >= 4 is 5.91 Å². The SMILES string of the molecule is CCOc1ccc(C2C(C)NNC2NC(=O)COc2ccc(C)cc2C)cc1OCC. The first-order valence-corrected chi connectivity index (χ1v) is 10.8. The Bertz CT molecular complexity index is 902. The zero-order chi connectivity index (χ0) is 22.4. The highest BCUT2D eigenvalue weighted by atomic mass is 16.5. The van der Waals surface area contributed by atoms with Crippen LogP contribution in [0.2, 0.25) is 0 Å². The summed E-state index contributed by atoms with van der Waals surface area (Å²) in [5.41, 5.74) is 9.64. The minimum atomic E-state index is -0.280. The van der Waals surface area contributed by atoms with Crippen LogP contribution in [0.1, 0.15) is 43.4 Å². The monoisotopic (exact) mass is 427 g/mol. The van der Waals surface area contributed by atoms with E-state index in [1.807, 2.05) is 64.1 Å². The van der Waals surface area contributed by atoms with Crippen molar-refractivity contribution in [2.24, 2.45) is 0 Å². The van der Waals surface area contributed by atoms with Crippen LogP contribution in [-0.2, 0) is 4.79 Å². The summed E-state index contributed by atoms with van der Waals surface area (Å²) in [5, 5.41) is 3.04. The zero-order valence-corrected chi connectivity index (χ0v) is 19.0. The molecule has 0 radical (unpaired) electrons. The third-order valence-corrected chi connectivity index (χ3v) is 5.32. The Labute approximate surface area is 184 Å². The van der Waals surface area contributed by atoms with Gasteiger partial charge < -0.3 is 19.5 Å². The Morgan fingerprint density at radius 2 is 1.65 bits per heavy atom. The van der Waals surface area contributed by atoms with E-state index in [1.54, 1.807) is 0 Å². The number of hydrogen-bond donors (Lipinski definition) is 3. The molecule has 31 heavy (non-hydrogen) atoms. The minimum Gasteiger partial charge on any atom is -0.490 e. The van der Waals surface area contributed by atoms with Gasteiger partial charge in [-0.3, -0.25) is 10.2 Å². The van der Waals surface area contributed by atoms with Crippen molar-refractivity contribution in [3.63, 3.8) is 0 Å². The Balaban J connectivity index is 1.68. The third-order valence-electron chi connectivity index (χ3n) is 5.32. The molecule has 168 valence electrons. The molecule has 3 unspecified atom stereocenters. The molecule has 0 bridgehead atoms. The second kappa shape index (κ2) is 10.5. The summed E-state index contributed by atoms with van der Waals surface area (Å²) in [4.78, 5) is 12.6. The minimum absolute atomic E-state index is 0.0138. The number of aryl methyl sites for hydroxylation is 2. The van der Waals surface area contributed by atoms with Crippen LogP contribution in [0.3, 0.4) is 0 Å². The van der Waals surface area contributed by atoms with E-state index in [0.29, 0.717) is 19.0 Å². The van der Waals surface area contributed by atoms with Crippen LogP contribution in [0.5, 0.6) is 17.2 Å². The average Bonchev–Trinajstić information content (AvgIpc) is 3.09. The molecule has 7 nitrogen and oxygen atoms in total. The summed E-state index contributed by atoms with van der Waals surface area (Å²) < 4.78 is 17.2. The molecule has 0 aliphatic carbocycles. The highest BCUT2D eigenvalue weighted by molar-refractivity contribution is 5.78. The third kappa shape index (κ3) is 5.68. The second-order valence-electron chi connectivity index (χ2n) is 7.78. The normalized spacial score (nSPS) is 20.4. The molecule has 0 aromatic heterocycles. The summed E-state index contributed by atoms with van der Waals surface area (Å²) >= 11 is 0. The number of benzene rings is 2. The smallest absolute Gasteiger partial charge is 0.259 e. The molecule has 2 aromatic carbocycles. The topological polar surface area (TPSA) is 80.9 Å². The van der Waals surface area contributed by atoms with E-state index in [9.17, 15) is 4.79 Å². The first kappa shape index (κ1) is 22.9. The lowest BCUT2D eigenvalue weighted by molar-refractivity contribution is -0.124. The van der Waals surface area contributed by atoms with Crippen molar-refractivity contribution < 1.29 is 19.0 Å². The Morgan fingerprint density at radius 3 is 2.35 bits per heavy atom. The molecular weight excluding hydrogens is 394 g/mol. The fourth-order valence-electron chi connectivity index (χ4n) is 3.89. The molecule has 1 fully saturated rings. The summed E-state index contributed by atoms with van der Waals surface area (Å²) in [7, 11) is 0. The lowest BCUT2D eigenvalue weighted by Gasteiger charge is -2.24. The van der Waals surface area contributed by atoms with Gasteiger partial charge in [0, 0.05) is 12.0 Å². The summed E-state index contributed by atoms with van der Waals surface area (Å²) in [5.74, 6) is 1.98. The van der Waals surface area contributed by atoms with Crippen molar-refractivity contribution in [1.29, 1.82) is 0 Å². The number of carbonyl (C=O) groups excluding carboxylic acids is 1. The summed E-state index contributed by atoms with van der Waals surface area (Å²) in [6.07, 6.45) is -0.280. The highest BCUT2D eigenvalue weighted by Gasteiger charge is 2.35. The molecule has 0 spiro atoms. The van der Waals surface area contributed by atoms with Crippen molar-refractivity contribution in [1.82, 2.24) is 16.2 Å². The van der Waals surface area contributed by atoms with E-state index < -0.39 is 0 Å². The van der Waals surface area contributed by atoms with E-state index in [2.05, 4.69) is 23.1 Å². The molecule has 3 atom stereocenters. The molecular formula is C24H33N3O4. The fourth-order valence-corrected chi connectivity index (χ4v) is 3.89. The van der Waals surface area contributed by atoms with E-state index in [0.717, 1.165) is 28.2 Å². The molecule has 3 rings (SSSR count). The summed E-state index contributed by atoms with van der Waals surface area (Å²) in [6, 6.07) is 12.0. The van der Waals surface area contributed by atoms with Gasteiger partial charge in [0.15, 0.2) is 18.1 Å². The van der Waals surface area contributed by atoms with Gasteiger partial charge in [0.05, 0.1) is 13.2 Å². The average molecular weight is 428 g/mol. The molecule has 1 heterocycles. The number of hydrogen-bond acceptors (Lipinski definition) is 6. The second-order valence-corrected chi connectivity index (χ2v) is 7.78. The van der Waals surface area contributed by atoms with Gasteiger partial charge >= 0.3 is 0 Å². The first-order chi connectivity index (χ1) is 14.9. The zero-order valence-electron chi connectivity index (χ0n) is 19.0. The van der Waals surface area contributed by atoms with Gasteiger partial charge in [-0.2, -0.15) is 0 Å². The van der Waals surface area contributed by atoms with E-state index in [-0.39, 0.29) is 30.6 Å². The van der Waals surface area contributed by atoms with Crippen molar-refractivity contribution in [3.8, 4) is 17.2 Å². The predicted octanol–water partition coefficient (Wildman–Crippen LogP) is 3.20. The van der Waals surface area contributed by atoms with Crippen LogP contribution in [-0.4, -0.2) is 37.9 Å². The first-order valence-electron chi connectivity index (χ1n) is 10.8. The van der Waals surface area contributed by atoms with Crippen molar-refractivity contribution in [2.75, 3.05) is 19.8 Å². The maximum absolute atomic E-state index is 12.6. The van der Waals surface area contributed by atoms with E-state index in [1.165, 1.54) is 0 Å². The van der Waals surface area contributed by atoms with Crippen LogP contribution in [0, 0.1) is 13.8 Å².